The Balaban J connectivity index is 2.04. The molecule has 0 bridgehead atoms. The van der Waals surface area contributed by atoms with Crippen LogP contribution in [0.15, 0.2) is 9.85 Å². The van der Waals surface area contributed by atoms with Crippen molar-refractivity contribution in [3.8, 4) is 0 Å². The van der Waals surface area contributed by atoms with Gasteiger partial charge < -0.3 is 0 Å². The van der Waals surface area contributed by atoms with E-state index in [-0.39, 0.29) is 6.04 Å². The third-order valence-electron chi connectivity index (χ3n) is 3.94. The van der Waals surface area contributed by atoms with Crippen molar-refractivity contribution < 1.29 is 8.42 Å². The molecule has 0 spiro atoms. The van der Waals surface area contributed by atoms with Gasteiger partial charge in [-0.1, -0.05) is 0 Å². The lowest BCUT2D eigenvalue weighted by molar-refractivity contribution is 0.239. The number of nitrogens with zero attached hydrogens (tertiary/aromatic N) is 1. The normalized spacial score (nSPS) is 22.4. The highest BCUT2D eigenvalue weighted by Crippen LogP contribution is 2.35. The minimum atomic E-state index is -3.09. The number of piperidine rings is 1. The molecule has 120 valence electrons. The third-order valence-corrected chi connectivity index (χ3v) is 7.46. The number of nitrogens with one attached hydrogen (secondary N) is 1. The smallest absolute Gasteiger partial charge is 0.211 e. The van der Waals surface area contributed by atoms with E-state index in [9.17, 15) is 8.42 Å². The minimum absolute atomic E-state index is 0.0736. The van der Waals surface area contributed by atoms with Gasteiger partial charge in [0, 0.05) is 18.0 Å². The monoisotopic (exact) mass is 395 g/mol. The fraction of sp³-hybridized carbons (Fsp3) is 0.692. The molecule has 0 aromatic carbocycles. The van der Waals surface area contributed by atoms with E-state index in [2.05, 4.69) is 34.3 Å². The van der Waals surface area contributed by atoms with E-state index in [1.165, 1.54) is 16.7 Å². The summed E-state index contributed by atoms with van der Waals surface area (Å²) in [6.07, 6.45) is 4.11. The van der Waals surface area contributed by atoms with Crippen molar-refractivity contribution in [1.82, 2.24) is 9.73 Å². The molecule has 0 radical (unpaired) electrons. The maximum atomic E-state index is 11.7. The van der Waals surface area contributed by atoms with Crippen molar-refractivity contribution in [3.63, 3.8) is 0 Å². The lowest BCUT2D eigenvalue weighted by Crippen LogP contribution is -2.40. The van der Waals surface area contributed by atoms with E-state index in [1.807, 2.05) is 0 Å². The Labute approximate surface area is 139 Å². The Morgan fingerprint density at radius 1 is 1.62 bits per heavy atom. The van der Waals surface area contributed by atoms with Gasteiger partial charge in [-0.3, -0.25) is 11.3 Å². The lowest BCUT2D eigenvalue weighted by Gasteiger charge is -2.32. The number of hydrogen-bond acceptors (Lipinski definition) is 5. The molecule has 1 aliphatic heterocycles. The van der Waals surface area contributed by atoms with Crippen LogP contribution in [0.4, 0.5) is 0 Å². The van der Waals surface area contributed by atoms with Gasteiger partial charge in [-0.05, 0) is 59.7 Å². The van der Waals surface area contributed by atoms with E-state index < -0.39 is 10.0 Å². The zero-order valence-electron chi connectivity index (χ0n) is 12.3. The van der Waals surface area contributed by atoms with Crippen LogP contribution in [0.3, 0.4) is 0 Å². The summed E-state index contributed by atoms with van der Waals surface area (Å²) in [5.74, 6) is 6.05. The molecule has 1 aromatic heterocycles. The van der Waals surface area contributed by atoms with Gasteiger partial charge in [0.25, 0.3) is 0 Å². The van der Waals surface area contributed by atoms with Crippen LogP contribution in [0.1, 0.15) is 35.7 Å². The quantitative estimate of drug-likeness (QED) is 0.592. The molecule has 1 aliphatic rings. The first-order chi connectivity index (χ1) is 9.81. The summed E-state index contributed by atoms with van der Waals surface area (Å²) < 4.78 is 26.1. The van der Waals surface area contributed by atoms with Crippen LogP contribution in [-0.2, 0) is 10.0 Å². The Hall–Kier alpha value is 0.01000. The zero-order valence-corrected chi connectivity index (χ0v) is 15.5. The van der Waals surface area contributed by atoms with Crippen LogP contribution in [0.25, 0.3) is 0 Å². The van der Waals surface area contributed by atoms with Crippen LogP contribution >= 0.6 is 27.3 Å². The fourth-order valence-electron chi connectivity index (χ4n) is 2.78. The maximum Gasteiger partial charge on any atom is 0.211 e. The van der Waals surface area contributed by atoms with Gasteiger partial charge in [0.15, 0.2) is 0 Å². The molecular formula is C13H22BrN3O2S2. The van der Waals surface area contributed by atoms with Gasteiger partial charge in [-0.2, -0.15) is 0 Å². The molecule has 2 heterocycles. The third kappa shape index (κ3) is 4.49. The second-order valence-electron chi connectivity index (χ2n) is 5.69. The molecule has 1 aromatic rings. The van der Waals surface area contributed by atoms with Crippen LogP contribution in [-0.4, -0.2) is 32.1 Å². The fourth-order valence-corrected chi connectivity index (χ4v) is 5.36. The number of thiophene rings is 1. The Morgan fingerprint density at radius 2 is 2.33 bits per heavy atom. The van der Waals surface area contributed by atoms with Crippen molar-refractivity contribution in [3.05, 3.63) is 20.3 Å². The van der Waals surface area contributed by atoms with Crippen LogP contribution in [0, 0.1) is 12.8 Å². The summed E-state index contributed by atoms with van der Waals surface area (Å²) in [5, 5.41) is 0. The first-order valence-corrected chi connectivity index (χ1v) is 10.4. The highest BCUT2D eigenvalue weighted by molar-refractivity contribution is 9.11. The molecule has 2 atom stereocenters. The highest BCUT2D eigenvalue weighted by Gasteiger charge is 2.28. The van der Waals surface area contributed by atoms with Gasteiger partial charge in [0.2, 0.25) is 10.0 Å². The minimum Gasteiger partial charge on any atom is -0.271 e. The predicted molar refractivity (Wildman–Crippen MR) is 90.6 cm³/mol. The molecule has 2 rings (SSSR count). The molecule has 8 heteroatoms. The largest absolute Gasteiger partial charge is 0.271 e. The van der Waals surface area contributed by atoms with Gasteiger partial charge in [-0.25, -0.2) is 12.7 Å². The van der Waals surface area contributed by atoms with Crippen LogP contribution in [0.5, 0.6) is 0 Å². The van der Waals surface area contributed by atoms with Crippen molar-refractivity contribution in [2.75, 3.05) is 19.3 Å². The van der Waals surface area contributed by atoms with Crippen molar-refractivity contribution >= 4 is 37.3 Å². The Bertz CT molecular complexity index is 569. The number of nitrogens with two attached hydrogens (primary N) is 1. The van der Waals surface area contributed by atoms with Gasteiger partial charge in [0.05, 0.1) is 16.1 Å². The first kappa shape index (κ1) is 17.4. The van der Waals surface area contributed by atoms with E-state index in [1.54, 1.807) is 15.6 Å². The molecule has 1 fully saturated rings. The van der Waals surface area contributed by atoms with Crippen molar-refractivity contribution in [1.29, 1.82) is 0 Å². The summed E-state index contributed by atoms with van der Waals surface area (Å²) in [6.45, 7) is 3.30. The number of hydrogen-bond donors (Lipinski definition) is 2. The number of hydrazine groups is 1. The maximum absolute atomic E-state index is 11.7. The Kier molecular flexibility index (Phi) is 5.84. The highest BCUT2D eigenvalue weighted by atomic mass is 79.9. The lowest BCUT2D eigenvalue weighted by atomic mass is 9.92. The Morgan fingerprint density at radius 3 is 2.86 bits per heavy atom. The molecule has 0 aliphatic carbocycles. The van der Waals surface area contributed by atoms with Gasteiger partial charge in [-0.15, -0.1) is 11.3 Å². The van der Waals surface area contributed by atoms with E-state index in [4.69, 9.17) is 5.84 Å². The summed E-state index contributed by atoms with van der Waals surface area (Å²) in [7, 11) is -3.09. The molecule has 0 amide bonds. The average molecular weight is 396 g/mol. The first-order valence-electron chi connectivity index (χ1n) is 6.98. The molecule has 5 nitrogen and oxygen atoms in total. The van der Waals surface area contributed by atoms with Crippen LogP contribution in [0.2, 0.25) is 0 Å². The topological polar surface area (TPSA) is 75.4 Å². The molecule has 3 N–H and O–H groups in total. The number of sulfonamides is 1. The summed E-state index contributed by atoms with van der Waals surface area (Å²) in [6, 6.07) is 2.21. The standard InChI is InChI=1S/C13H22BrN3O2S2/c1-9-6-12(20-13(9)14)11(16-15)7-10-4-3-5-17(8-10)21(2,18)19/h6,10-11,16H,3-5,7-8,15H2,1-2H3. The van der Waals surface area contributed by atoms with E-state index in [0.29, 0.717) is 19.0 Å². The van der Waals surface area contributed by atoms with E-state index in [0.717, 1.165) is 23.0 Å². The number of rotatable bonds is 5. The van der Waals surface area contributed by atoms with Crippen molar-refractivity contribution in [2.45, 2.75) is 32.2 Å². The summed E-state index contributed by atoms with van der Waals surface area (Å²) >= 11 is 5.22. The zero-order chi connectivity index (χ0) is 15.6. The predicted octanol–water partition coefficient (Wildman–Crippen LogP) is 2.39. The summed E-state index contributed by atoms with van der Waals surface area (Å²) in [4.78, 5) is 1.19. The molecule has 21 heavy (non-hydrogen) atoms. The summed E-state index contributed by atoms with van der Waals surface area (Å²) in [5.41, 5.74) is 4.09. The van der Waals surface area contributed by atoms with Gasteiger partial charge >= 0.3 is 0 Å². The van der Waals surface area contributed by atoms with E-state index >= 15 is 0 Å². The second-order valence-corrected chi connectivity index (χ2v) is 10.1. The van der Waals surface area contributed by atoms with Gasteiger partial charge in [0.1, 0.15) is 0 Å². The second kappa shape index (κ2) is 7.06. The SMILES string of the molecule is Cc1cc(C(CC2CCCN(S(C)(=O)=O)C2)NN)sc1Br. The molecule has 0 saturated carbocycles. The number of halogens is 1. The molecular weight excluding hydrogens is 374 g/mol. The van der Waals surface area contributed by atoms with Crippen LogP contribution < -0.4 is 11.3 Å². The average Bonchev–Trinajstić information content (AvgIpc) is 2.75. The number of aryl methyl sites for hydroxylation is 1. The molecule has 1 saturated heterocycles. The van der Waals surface area contributed by atoms with Crippen molar-refractivity contribution in [2.24, 2.45) is 11.8 Å². The molecule has 2 unspecified atom stereocenters.